The van der Waals surface area contributed by atoms with Gasteiger partial charge in [0.25, 0.3) is 14.1 Å². The first-order chi connectivity index (χ1) is 23.6. The number of aryl methyl sites for hydroxylation is 1. The van der Waals surface area contributed by atoms with Crippen molar-refractivity contribution < 1.29 is 50.5 Å². The molecule has 7 atom stereocenters. The highest BCUT2D eigenvalue weighted by Gasteiger charge is 2.54. The maximum absolute atomic E-state index is 14.2. The van der Waals surface area contributed by atoms with E-state index in [4.69, 9.17) is 41.4 Å². The molecule has 17 nitrogen and oxygen atoms in total. The quantitative estimate of drug-likeness (QED) is 0.105. The van der Waals surface area contributed by atoms with Crippen molar-refractivity contribution in [1.29, 1.82) is 5.26 Å². The van der Waals surface area contributed by atoms with Crippen LogP contribution in [0.15, 0.2) is 15.8 Å². The smallest absolute Gasteiger partial charge is 0.343 e. The van der Waals surface area contributed by atoms with Gasteiger partial charge in [-0.15, -0.1) is 0 Å². The van der Waals surface area contributed by atoms with Crippen LogP contribution in [0.2, 0.25) is 0 Å². The summed E-state index contributed by atoms with van der Waals surface area (Å²) in [6, 6.07) is 1.96. The maximum atomic E-state index is 14.2. The van der Waals surface area contributed by atoms with Gasteiger partial charge in [0.15, 0.2) is 12.1 Å². The number of nitrogens with zero attached hydrogens (tertiary/aromatic N) is 3. The molecule has 1 saturated heterocycles. The average Bonchev–Trinajstić information content (AvgIpc) is 3.36. The molecule has 0 aliphatic carbocycles. The Morgan fingerprint density at radius 1 is 0.980 bits per heavy atom. The minimum absolute atomic E-state index is 0.0354. The monoisotopic (exact) mass is 772 g/mol. The fourth-order valence-corrected chi connectivity index (χ4v) is 12.0. The Morgan fingerprint density at radius 3 is 2.12 bits per heavy atom. The number of aromatic nitrogens is 2. The molecule has 1 aromatic rings. The number of ether oxygens (including phenoxy) is 3. The Balaban J connectivity index is 2.73. The summed E-state index contributed by atoms with van der Waals surface area (Å²) >= 11 is 0. The molecule has 288 valence electrons. The number of nitrogens with one attached hydrogen (secondary N) is 1. The Labute approximate surface area is 296 Å². The number of rotatable bonds is 24. The summed E-state index contributed by atoms with van der Waals surface area (Å²) in [7, 11) is -8.50. The summed E-state index contributed by atoms with van der Waals surface area (Å²) < 4.78 is 84.5. The van der Waals surface area contributed by atoms with Crippen molar-refractivity contribution in [3.63, 3.8) is 0 Å². The van der Waals surface area contributed by atoms with Crippen LogP contribution in [-0.4, -0.2) is 103 Å². The van der Waals surface area contributed by atoms with Crippen molar-refractivity contribution in [2.45, 2.75) is 111 Å². The summed E-state index contributed by atoms with van der Waals surface area (Å²) in [6.07, 6.45) is -4.01. The van der Waals surface area contributed by atoms with Gasteiger partial charge in [-0.05, 0) is 62.3 Å². The Bertz CT molecular complexity index is 1420. The van der Waals surface area contributed by atoms with Crippen LogP contribution in [0, 0.1) is 18.3 Å². The van der Waals surface area contributed by atoms with Gasteiger partial charge in [0.1, 0.15) is 18.3 Å². The molecule has 0 spiro atoms. The largest absolute Gasteiger partial charge is 0.382 e. The summed E-state index contributed by atoms with van der Waals surface area (Å²) in [5.74, 6) is -0.660. The first-order valence-corrected chi connectivity index (χ1v) is 21.3. The molecule has 0 bridgehead atoms. The van der Waals surface area contributed by atoms with Crippen molar-refractivity contribution in [2.75, 3.05) is 52.7 Å². The van der Waals surface area contributed by atoms with Gasteiger partial charge >= 0.3 is 20.9 Å². The van der Waals surface area contributed by atoms with Crippen molar-refractivity contribution in [1.82, 2.24) is 14.2 Å². The number of hydrogen-bond donors (Lipinski definition) is 1. The van der Waals surface area contributed by atoms with Crippen LogP contribution >= 0.6 is 23.7 Å². The SMILES string of the molecule is CCOP(=O)(CP(=O)(OCC)O[C@H](C)C1O[C@@H](n2cc(C)c(=O)[nH]c2=O)[C@H](OCCOC)[C@@H]1OP(OCCC#N)N(C(C)C)C(C)C)OCC. The molecule has 2 heterocycles. The lowest BCUT2D eigenvalue weighted by Gasteiger charge is -2.39. The van der Waals surface area contributed by atoms with Crippen LogP contribution in [0.4, 0.5) is 0 Å². The lowest BCUT2D eigenvalue weighted by atomic mass is 10.1. The summed E-state index contributed by atoms with van der Waals surface area (Å²) in [4.78, 5) is 27.8. The molecule has 1 fully saturated rings. The average molecular weight is 773 g/mol. The van der Waals surface area contributed by atoms with Crippen molar-refractivity contribution in [2.24, 2.45) is 0 Å². The van der Waals surface area contributed by atoms with E-state index in [2.05, 4.69) is 11.1 Å². The van der Waals surface area contributed by atoms with E-state index in [0.29, 0.717) is 0 Å². The van der Waals surface area contributed by atoms with Gasteiger partial charge in [0.2, 0.25) is 0 Å². The molecule has 3 unspecified atom stereocenters. The third-order valence-electron chi connectivity index (χ3n) is 7.23. The molecular weight excluding hydrogens is 717 g/mol. The second-order valence-corrected chi connectivity index (χ2v) is 17.8. The molecule has 20 heteroatoms. The van der Waals surface area contributed by atoms with E-state index < -0.39 is 71.5 Å². The minimum Gasteiger partial charge on any atom is -0.382 e. The van der Waals surface area contributed by atoms with Crippen molar-refractivity contribution >= 4 is 23.7 Å². The molecule has 1 N–H and O–H groups in total. The lowest BCUT2D eigenvalue weighted by molar-refractivity contribution is -0.0881. The molecular formula is C30H55N4O13P3. The third-order valence-corrected chi connectivity index (χ3v) is 14.7. The van der Waals surface area contributed by atoms with E-state index in [1.54, 1.807) is 34.6 Å². The number of hydrogen-bond acceptors (Lipinski definition) is 15. The molecule has 1 aromatic heterocycles. The molecule has 1 aliphatic heterocycles. The predicted molar refractivity (Wildman–Crippen MR) is 187 cm³/mol. The van der Waals surface area contributed by atoms with Crippen LogP contribution in [-0.2, 0) is 50.5 Å². The topological polar surface area (TPSA) is 199 Å². The van der Waals surface area contributed by atoms with Crippen LogP contribution in [0.25, 0.3) is 0 Å². The van der Waals surface area contributed by atoms with Gasteiger partial charge in [-0.1, -0.05) is 0 Å². The second-order valence-electron chi connectivity index (χ2n) is 11.8. The van der Waals surface area contributed by atoms with E-state index in [1.165, 1.54) is 17.9 Å². The first kappa shape index (κ1) is 44.8. The Morgan fingerprint density at radius 2 is 1.58 bits per heavy atom. The van der Waals surface area contributed by atoms with E-state index in [1.807, 2.05) is 32.4 Å². The second kappa shape index (κ2) is 21.4. The number of H-pyrrole nitrogens is 1. The highest BCUT2D eigenvalue weighted by molar-refractivity contribution is 7.71. The fraction of sp³-hybridized carbons (Fsp3) is 0.833. The zero-order valence-electron chi connectivity index (χ0n) is 30.8. The van der Waals surface area contributed by atoms with Crippen LogP contribution in [0.1, 0.15) is 73.6 Å². The molecule has 50 heavy (non-hydrogen) atoms. The van der Waals surface area contributed by atoms with Crippen LogP contribution < -0.4 is 11.2 Å². The normalized spacial score (nSPS) is 22.2. The van der Waals surface area contributed by atoms with E-state index in [9.17, 15) is 24.0 Å². The van der Waals surface area contributed by atoms with E-state index in [-0.39, 0.29) is 63.7 Å². The van der Waals surface area contributed by atoms with E-state index in [0.717, 1.165) is 0 Å². The molecule has 1 aliphatic rings. The van der Waals surface area contributed by atoms with Crippen molar-refractivity contribution in [3.8, 4) is 6.07 Å². The predicted octanol–water partition coefficient (Wildman–Crippen LogP) is 5.29. The molecule has 0 amide bonds. The van der Waals surface area contributed by atoms with E-state index >= 15 is 0 Å². The zero-order chi connectivity index (χ0) is 37.6. The fourth-order valence-electron chi connectivity index (χ4n) is 5.34. The van der Waals surface area contributed by atoms with Gasteiger partial charge < -0.3 is 41.4 Å². The highest BCUT2D eigenvalue weighted by atomic mass is 31.2. The maximum Gasteiger partial charge on any atom is 0.343 e. The van der Waals surface area contributed by atoms with Crippen LogP contribution in [0.5, 0.6) is 0 Å². The first-order valence-electron chi connectivity index (χ1n) is 16.7. The lowest BCUT2D eigenvalue weighted by Crippen LogP contribution is -2.44. The van der Waals surface area contributed by atoms with Crippen molar-refractivity contribution in [3.05, 3.63) is 32.6 Å². The van der Waals surface area contributed by atoms with Gasteiger partial charge in [-0.2, -0.15) is 5.26 Å². The molecule has 2 rings (SSSR count). The third kappa shape index (κ3) is 12.7. The summed E-state index contributed by atoms with van der Waals surface area (Å²) in [5.41, 5.74) is -1.08. The molecule has 0 aromatic carbocycles. The summed E-state index contributed by atoms with van der Waals surface area (Å²) in [6.45, 7) is 16.3. The zero-order valence-corrected chi connectivity index (χ0v) is 33.4. The van der Waals surface area contributed by atoms with Gasteiger partial charge in [0.05, 0.1) is 58.2 Å². The van der Waals surface area contributed by atoms with Gasteiger partial charge in [-0.25, -0.2) is 9.46 Å². The van der Waals surface area contributed by atoms with Gasteiger partial charge in [-0.3, -0.25) is 23.5 Å². The molecule has 0 radical (unpaired) electrons. The summed E-state index contributed by atoms with van der Waals surface area (Å²) in [5, 5.41) is 9.25. The number of nitriles is 1. The standard InChI is InChI=1S/C30H55N4O13P3/c1-11-42-49(37,43-12-2)20-50(38,44-13-3)47-24(9)25-26(46-48(41-16-14-15-31)34(21(4)5)22(6)7)27(40-18-17-39-10)29(45-25)33-19-23(8)28(35)32-30(33)36/h19,21-22,24-27,29H,11-14,16-18,20H2,1-10H3,(H,32,35,36)/t24-,25?,26-,27-,29-,48?,50?/m1/s1. The Kier molecular flexibility index (Phi) is 19.2. The van der Waals surface area contributed by atoms with Gasteiger partial charge in [0, 0.05) is 31.0 Å². The van der Waals surface area contributed by atoms with Crippen LogP contribution in [0.3, 0.4) is 0 Å². The molecule has 0 saturated carbocycles. The Hall–Kier alpha value is -1.34. The minimum atomic E-state index is -4.20. The number of methoxy groups -OCH3 is 1. The highest BCUT2D eigenvalue weighted by Crippen LogP contribution is 2.65. The number of aromatic amines is 1.